The molecule has 0 fully saturated rings. The minimum Gasteiger partial charge on any atom is -0.495 e. The number of ether oxygens (including phenoxy) is 1. The van der Waals surface area contributed by atoms with Crippen LogP contribution in [0.25, 0.3) is 0 Å². The number of methoxy groups -OCH3 is 1. The zero-order valence-electron chi connectivity index (χ0n) is 14.0. The molecular weight excluding hydrogens is 346 g/mol. The molecule has 0 atom stereocenters. The summed E-state index contributed by atoms with van der Waals surface area (Å²) in [7, 11) is -1.29. The van der Waals surface area contributed by atoms with E-state index in [1.54, 1.807) is 37.3 Å². The second-order valence-electron chi connectivity index (χ2n) is 5.24. The molecule has 0 aromatic heterocycles. The molecule has 0 heterocycles. The number of aryl methyl sites for hydroxylation is 1. The highest BCUT2D eigenvalue weighted by molar-refractivity contribution is 7.92. The molecule has 2 rings (SSSR count). The van der Waals surface area contributed by atoms with E-state index in [2.05, 4.69) is 10.0 Å². The van der Waals surface area contributed by atoms with Crippen LogP contribution < -0.4 is 14.8 Å². The van der Waals surface area contributed by atoms with Gasteiger partial charge in [-0.2, -0.15) is 0 Å². The van der Waals surface area contributed by atoms with Crippen LogP contribution in [0.15, 0.2) is 47.4 Å². The van der Waals surface area contributed by atoms with Crippen molar-refractivity contribution in [3.63, 3.8) is 0 Å². The summed E-state index contributed by atoms with van der Waals surface area (Å²) in [4.78, 5) is 11.5. The van der Waals surface area contributed by atoms with Crippen molar-refractivity contribution in [2.45, 2.75) is 11.8 Å². The molecule has 0 saturated carbocycles. The molecule has 2 aromatic rings. The SMILES string of the molecule is COc1ccccc1NS(=O)(=O)c1ccc(C)c(NC(=O)N(C)O)c1. The highest BCUT2D eigenvalue weighted by Crippen LogP contribution is 2.27. The molecule has 0 aliphatic carbocycles. The molecule has 0 radical (unpaired) electrons. The van der Waals surface area contributed by atoms with Crippen LogP contribution >= 0.6 is 0 Å². The Kier molecular flexibility index (Phi) is 5.50. The van der Waals surface area contributed by atoms with Crippen molar-refractivity contribution in [1.29, 1.82) is 0 Å². The van der Waals surface area contributed by atoms with Crippen molar-refractivity contribution in [2.24, 2.45) is 0 Å². The van der Waals surface area contributed by atoms with Gasteiger partial charge in [-0.25, -0.2) is 18.3 Å². The first-order valence-electron chi connectivity index (χ1n) is 7.24. The van der Waals surface area contributed by atoms with E-state index in [0.717, 1.165) is 7.05 Å². The van der Waals surface area contributed by atoms with Gasteiger partial charge in [0.15, 0.2) is 0 Å². The van der Waals surface area contributed by atoms with Crippen LogP contribution in [-0.2, 0) is 10.0 Å². The van der Waals surface area contributed by atoms with Crippen molar-refractivity contribution >= 4 is 27.4 Å². The number of carbonyl (C=O) groups excluding carboxylic acids is 1. The number of amides is 2. The van der Waals surface area contributed by atoms with Gasteiger partial charge in [0.25, 0.3) is 10.0 Å². The van der Waals surface area contributed by atoms with Gasteiger partial charge in [-0.3, -0.25) is 9.93 Å². The second-order valence-corrected chi connectivity index (χ2v) is 6.92. The number of hydrogen-bond donors (Lipinski definition) is 3. The number of benzene rings is 2. The van der Waals surface area contributed by atoms with E-state index in [1.165, 1.54) is 19.2 Å². The summed E-state index contributed by atoms with van der Waals surface area (Å²) >= 11 is 0. The average molecular weight is 365 g/mol. The van der Waals surface area contributed by atoms with Crippen LogP contribution in [0.4, 0.5) is 16.2 Å². The van der Waals surface area contributed by atoms with Crippen LogP contribution in [0.3, 0.4) is 0 Å². The van der Waals surface area contributed by atoms with E-state index in [0.29, 0.717) is 22.1 Å². The number of sulfonamides is 1. The summed E-state index contributed by atoms with van der Waals surface area (Å²) in [6, 6.07) is 10.1. The van der Waals surface area contributed by atoms with E-state index in [4.69, 9.17) is 9.94 Å². The van der Waals surface area contributed by atoms with Crippen LogP contribution in [-0.4, -0.2) is 38.9 Å². The van der Waals surface area contributed by atoms with Crippen molar-refractivity contribution in [2.75, 3.05) is 24.2 Å². The van der Waals surface area contributed by atoms with Gasteiger partial charge in [-0.15, -0.1) is 0 Å². The molecule has 8 nitrogen and oxygen atoms in total. The van der Waals surface area contributed by atoms with Crippen molar-refractivity contribution in [1.82, 2.24) is 5.06 Å². The van der Waals surface area contributed by atoms with Crippen LogP contribution in [0.5, 0.6) is 5.75 Å². The van der Waals surface area contributed by atoms with E-state index < -0.39 is 16.1 Å². The maximum Gasteiger partial charge on any atom is 0.345 e. The second kappa shape index (κ2) is 7.41. The van der Waals surface area contributed by atoms with E-state index in [9.17, 15) is 13.2 Å². The third kappa shape index (κ3) is 4.40. The van der Waals surface area contributed by atoms with Gasteiger partial charge in [-0.05, 0) is 36.8 Å². The smallest absolute Gasteiger partial charge is 0.345 e. The van der Waals surface area contributed by atoms with E-state index >= 15 is 0 Å². The number of hydroxylamine groups is 2. The Balaban J connectivity index is 2.35. The molecule has 0 aliphatic heterocycles. The lowest BCUT2D eigenvalue weighted by Gasteiger charge is -2.15. The lowest BCUT2D eigenvalue weighted by atomic mass is 10.2. The summed E-state index contributed by atoms with van der Waals surface area (Å²) in [6.07, 6.45) is 0. The molecule has 2 amide bonds. The molecule has 0 aliphatic rings. The summed E-state index contributed by atoms with van der Waals surface area (Å²) in [6.45, 7) is 1.71. The van der Waals surface area contributed by atoms with Crippen molar-refractivity contribution < 1.29 is 23.2 Å². The van der Waals surface area contributed by atoms with Gasteiger partial charge < -0.3 is 10.1 Å². The fraction of sp³-hybridized carbons (Fsp3) is 0.188. The minimum atomic E-state index is -3.90. The molecule has 3 N–H and O–H groups in total. The van der Waals surface area contributed by atoms with Gasteiger partial charge in [0.2, 0.25) is 0 Å². The van der Waals surface area contributed by atoms with E-state index in [1.807, 2.05) is 0 Å². The molecule has 9 heteroatoms. The molecule has 134 valence electrons. The Hall–Kier alpha value is -2.78. The Morgan fingerprint density at radius 3 is 2.48 bits per heavy atom. The van der Waals surface area contributed by atoms with Crippen LogP contribution in [0.2, 0.25) is 0 Å². The number of rotatable bonds is 5. The van der Waals surface area contributed by atoms with Crippen LogP contribution in [0.1, 0.15) is 5.56 Å². The summed E-state index contributed by atoms with van der Waals surface area (Å²) in [5.41, 5.74) is 1.21. The normalized spacial score (nSPS) is 10.9. The Bertz CT molecular complexity index is 881. The minimum absolute atomic E-state index is 0.0418. The maximum absolute atomic E-state index is 12.6. The zero-order valence-corrected chi connectivity index (χ0v) is 14.8. The summed E-state index contributed by atoms with van der Waals surface area (Å²) in [5, 5.41) is 11.9. The van der Waals surface area contributed by atoms with Gasteiger partial charge in [0.1, 0.15) is 5.75 Å². The average Bonchev–Trinajstić information content (AvgIpc) is 2.56. The largest absolute Gasteiger partial charge is 0.495 e. The monoisotopic (exact) mass is 365 g/mol. The number of nitrogens with one attached hydrogen (secondary N) is 2. The molecule has 0 bridgehead atoms. The van der Waals surface area contributed by atoms with Gasteiger partial charge in [-0.1, -0.05) is 18.2 Å². The zero-order chi connectivity index (χ0) is 18.6. The first-order valence-corrected chi connectivity index (χ1v) is 8.73. The van der Waals surface area contributed by atoms with Crippen molar-refractivity contribution in [3.05, 3.63) is 48.0 Å². The first kappa shape index (κ1) is 18.6. The standard InChI is InChI=1S/C16H19N3O5S/c1-11-8-9-12(10-14(11)17-16(20)19(2)21)25(22,23)18-13-6-4-5-7-15(13)24-3/h4-10,18,21H,1-3H3,(H,17,20). The highest BCUT2D eigenvalue weighted by atomic mass is 32.2. The van der Waals surface area contributed by atoms with E-state index in [-0.39, 0.29) is 10.6 Å². The Morgan fingerprint density at radius 2 is 1.84 bits per heavy atom. The fourth-order valence-electron chi connectivity index (χ4n) is 2.03. The number of hydrogen-bond acceptors (Lipinski definition) is 5. The Morgan fingerprint density at radius 1 is 1.16 bits per heavy atom. The molecule has 0 unspecified atom stereocenters. The predicted molar refractivity (Wildman–Crippen MR) is 93.5 cm³/mol. The lowest BCUT2D eigenvalue weighted by molar-refractivity contribution is -0.0118. The predicted octanol–water partition coefficient (Wildman–Crippen LogP) is 2.66. The molecule has 0 saturated heterocycles. The lowest BCUT2D eigenvalue weighted by Crippen LogP contribution is -2.28. The fourth-order valence-corrected chi connectivity index (χ4v) is 3.13. The number of nitrogens with zero attached hydrogens (tertiary/aromatic N) is 1. The molecule has 2 aromatic carbocycles. The molecule has 0 spiro atoms. The Labute approximate surface area is 146 Å². The third-order valence-corrected chi connectivity index (χ3v) is 4.77. The third-order valence-electron chi connectivity index (χ3n) is 3.41. The highest BCUT2D eigenvalue weighted by Gasteiger charge is 2.18. The summed E-state index contributed by atoms with van der Waals surface area (Å²) in [5.74, 6) is 0.383. The van der Waals surface area contributed by atoms with Gasteiger partial charge in [0.05, 0.1) is 17.7 Å². The number of para-hydroxylation sites is 2. The van der Waals surface area contributed by atoms with Crippen molar-refractivity contribution in [3.8, 4) is 5.75 Å². The number of anilines is 2. The topological polar surface area (TPSA) is 108 Å². The van der Waals surface area contributed by atoms with Crippen LogP contribution in [0, 0.1) is 6.92 Å². The first-order chi connectivity index (χ1) is 11.7. The summed E-state index contributed by atoms with van der Waals surface area (Å²) < 4.78 is 32.8. The maximum atomic E-state index is 12.6. The molecular formula is C16H19N3O5S. The number of carbonyl (C=O) groups is 1. The number of urea groups is 1. The quantitative estimate of drug-likeness (QED) is 0.558. The molecule has 25 heavy (non-hydrogen) atoms. The van der Waals surface area contributed by atoms with Gasteiger partial charge in [0, 0.05) is 12.7 Å². The van der Waals surface area contributed by atoms with Gasteiger partial charge >= 0.3 is 6.03 Å².